The third-order valence-corrected chi connectivity index (χ3v) is 7.09. The highest BCUT2D eigenvalue weighted by Gasteiger charge is 2.25. The maximum atomic E-state index is 11.6. The van der Waals surface area contributed by atoms with Gasteiger partial charge in [-0.2, -0.15) is 0 Å². The normalized spacial score (nSPS) is 18.6. The molecular weight excluding hydrogens is 452 g/mol. The van der Waals surface area contributed by atoms with Gasteiger partial charge in [0.2, 0.25) is 5.82 Å². The number of aromatic nitrogens is 6. The topological polar surface area (TPSA) is 102 Å². The summed E-state index contributed by atoms with van der Waals surface area (Å²) in [6.45, 7) is 5.32. The van der Waals surface area contributed by atoms with Crippen LogP contribution in [0.3, 0.4) is 0 Å². The minimum absolute atomic E-state index is 0.269. The van der Waals surface area contributed by atoms with Crippen LogP contribution in [0.5, 0.6) is 0 Å². The number of rotatable bonds is 7. The summed E-state index contributed by atoms with van der Waals surface area (Å²) < 4.78 is 7.04. The van der Waals surface area contributed by atoms with Gasteiger partial charge in [0, 0.05) is 30.9 Å². The van der Waals surface area contributed by atoms with Crippen molar-refractivity contribution in [3.05, 3.63) is 45.9 Å². The first-order valence-corrected chi connectivity index (χ1v) is 12.5. The number of nitrogens with zero attached hydrogens (tertiary/aromatic N) is 5. The molecule has 0 bridgehead atoms. The first-order valence-electron chi connectivity index (χ1n) is 12.1. The Morgan fingerprint density at radius 1 is 1.12 bits per heavy atom. The van der Waals surface area contributed by atoms with Gasteiger partial charge in [-0.15, -0.1) is 0 Å². The first-order chi connectivity index (χ1) is 16.6. The fourth-order valence-corrected chi connectivity index (χ4v) is 5.42. The van der Waals surface area contributed by atoms with E-state index in [9.17, 15) is 4.79 Å². The van der Waals surface area contributed by atoms with Gasteiger partial charge < -0.3 is 4.57 Å². The molecule has 4 heterocycles. The number of aromatic amines is 1. The van der Waals surface area contributed by atoms with Crippen LogP contribution in [0.25, 0.3) is 33.8 Å². The van der Waals surface area contributed by atoms with Gasteiger partial charge in [0.25, 0.3) is 0 Å². The van der Waals surface area contributed by atoms with Crippen molar-refractivity contribution in [1.29, 1.82) is 0 Å². The van der Waals surface area contributed by atoms with E-state index < -0.39 is 5.76 Å². The summed E-state index contributed by atoms with van der Waals surface area (Å²) in [7, 11) is 0. The smallest absolute Gasteiger partial charge is 0.326 e. The average molecular weight is 481 g/mol. The van der Waals surface area contributed by atoms with Crippen molar-refractivity contribution in [3.63, 3.8) is 0 Å². The monoisotopic (exact) mass is 480 g/mol. The number of hydrogen-bond donors (Lipinski definition) is 1. The summed E-state index contributed by atoms with van der Waals surface area (Å²) in [5.74, 6) is 2.15. The lowest BCUT2D eigenvalue weighted by atomic mass is 9.80. The number of imidazole rings is 1. The van der Waals surface area contributed by atoms with E-state index in [0.29, 0.717) is 16.6 Å². The Bertz CT molecular complexity index is 1350. The standard InChI is InChI=1S/C25H29ClN6O2/c1-3-5-15-6-8-16(9-7-15)14-32-21(4-2)28-19-11-20(24-30-25(33)34-31-24)29-22(23(19)32)17-10-18(26)13-27-12-17/h10-13,15-16H,3-9,14H2,1-2H3,(H,30,31,33). The van der Waals surface area contributed by atoms with E-state index in [1.54, 1.807) is 12.4 Å². The van der Waals surface area contributed by atoms with Crippen LogP contribution in [0.15, 0.2) is 33.8 Å². The van der Waals surface area contributed by atoms with Gasteiger partial charge in [-0.25, -0.2) is 14.8 Å². The van der Waals surface area contributed by atoms with Crippen LogP contribution in [0.2, 0.25) is 5.02 Å². The predicted octanol–water partition coefficient (Wildman–Crippen LogP) is 5.66. The van der Waals surface area contributed by atoms with Gasteiger partial charge in [-0.05, 0) is 36.8 Å². The SMILES string of the molecule is CCCC1CCC(Cn2c(CC)nc3cc(-c4noc(=O)[nH]4)nc(-c4cncc(Cl)c4)c32)CC1. The van der Waals surface area contributed by atoms with Gasteiger partial charge in [0.15, 0.2) is 0 Å². The summed E-state index contributed by atoms with van der Waals surface area (Å²) in [4.78, 5) is 28.3. The molecule has 4 aromatic rings. The van der Waals surface area contributed by atoms with Crippen LogP contribution < -0.4 is 5.76 Å². The van der Waals surface area contributed by atoms with Crippen LogP contribution in [-0.4, -0.2) is 29.7 Å². The lowest BCUT2D eigenvalue weighted by molar-refractivity contribution is 0.242. The molecular formula is C25H29ClN6O2. The van der Waals surface area contributed by atoms with E-state index in [-0.39, 0.29) is 5.82 Å². The van der Waals surface area contributed by atoms with Gasteiger partial charge in [-0.1, -0.05) is 56.3 Å². The number of aryl methyl sites for hydroxylation is 1. The zero-order chi connectivity index (χ0) is 23.7. The Labute approximate surface area is 202 Å². The van der Waals surface area contributed by atoms with Crippen molar-refractivity contribution in [3.8, 4) is 22.8 Å². The molecule has 1 fully saturated rings. The quantitative estimate of drug-likeness (QED) is 0.366. The molecule has 1 aliphatic rings. The molecule has 1 N–H and O–H groups in total. The minimum atomic E-state index is -0.624. The summed E-state index contributed by atoms with van der Waals surface area (Å²) in [6, 6.07) is 3.71. The molecule has 0 radical (unpaired) electrons. The third kappa shape index (κ3) is 4.51. The molecule has 0 unspecified atom stereocenters. The summed E-state index contributed by atoms with van der Waals surface area (Å²) in [5, 5.41) is 4.36. The summed E-state index contributed by atoms with van der Waals surface area (Å²) >= 11 is 6.29. The zero-order valence-corrected chi connectivity index (χ0v) is 20.3. The van der Waals surface area contributed by atoms with Crippen molar-refractivity contribution in [1.82, 2.24) is 29.7 Å². The van der Waals surface area contributed by atoms with E-state index in [2.05, 4.69) is 33.5 Å². The second kappa shape index (κ2) is 9.70. The Hall–Kier alpha value is -3.00. The lowest BCUT2D eigenvalue weighted by Crippen LogP contribution is -2.20. The van der Waals surface area contributed by atoms with E-state index in [0.717, 1.165) is 47.0 Å². The molecule has 1 aliphatic carbocycles. The lowest BCUT2D eigenvalue weighted by Gasteiger charge is -2.29. The molecule has 0 aromatic carbocycles. The fourth-order valence-electron chi connectivity index (χ4n) is 5.24. The predicted molar refractivity (Wildman–Crippen MR) is 132 cm³/mol. The molecule has 5 rings (SSSR count). The van der Waals surface area contributed by atoms with Gasteiger partial charge in [0.05, 0.1) is 21.7 Å². The van der Waals surface area contributed by atoms with E-state index in [1.807, 2.05) is 12.1 Å². The average Bonchev–Trinajstić information content (AvgIpc) is 3.43. The van der Waals surface area contributed by atoms with Crippen LogP contribution in [0, 0.1) is 11.8 Å². The summed E-state index contributed by atoms with van der Waals surface area (Å²) in [6.07, 6.45) is 11.9. The molecule has 34 heavy (non-hydrogen) atoms. The minimum Gasteiger partial charge on any atom is -0.326 e. The number of hydrogen-bond acceptors (Lipinski definition) is 6. The maximum Gasteiger partial charge on any atom is 0.439 e. The van der Waals surface area contributed by atoms with E-state index >= 15 is 0 Å². The Morgan fingerprint density at radius 2 is 1.91 bits per heavy atom. The van der Waals surface area contributed by atoms with Gasteiger partial charge in [-0.3, -0.25) is 14.5 Å². The van der Waals surface area contributed by atoms with Crippen molar-refractivity contribution in [2.45, 2.75) is 65.3 Å². The highest BCUT2D eigenvalue weighted by molar-refractivity contribution is 6.30. The first kappa shape index (κ1) is 22.8. The Morgan fingerprint density at radius 3 is 2.59 bits per heavy atom. The Balaban J connectivity index is 1.62. The zero-order valence-electron chi connectivity index (χ0n) is 19.6. The van der Waals surface area contributed by atoms with E-state index in [4.69, 9.17) is 26.1 Å². The van der Waals surface area contributed by atoms with Gasteiger partial charge in [0.1, 0.15) is 11.5 Å². The molecule has 9 heteroatoms. The number of pyridine rings is 2. The molecule has 0 atom stereocenters. The maximum absolute atomic E-state index is 11.6. The second-order valence-electron chi connectivity index (χ2n) is 9.23. The van der Waals surface area contributed by atoms with Crippen molar-refractivity contribution in [2.24, 2.45) is 11.8 Å². The highest BCUT2D eigenvalue weighted by Crippen LogP contribution is 2.36. The van der Waals surface area contributed by atoms with Crippen molar-refractivity contribution < 1.29 is 4.52 Å². The molecule has 0 amide bonds. The van der Waals surface area contributed by atoms with Crippen LogP contribution in [-0.2, 0) is 13.0 Å². The Kier molecular flexibility index (Phi) is 6.50. The van der Waals surface area contributed by atoms with Crippen LogP contribution in [0.4, 0.5) is 0 Å². The van der Waals surface area contributed by atoms with Crippen molar-refractivity contribution in [2.75, 3.05) is 0 Å². The number of nitrogens with one attached hydrogen (secondary N) is 1. The van der Waals surface area contributed by atoms with Crippen molar-refractivity contribution >= 4 is 22.6 Å². The molecule has 1 saturated carbocycles. The molecule has 0 saturated heterocycles. The third-order valence-electron chi connectivity index (χ3n) is 6.89. The fraction of sp³-hybridized carbons (Fsp3) is 0.480. The summed E-state index contributed by atoms with van der Waals surface area (Å²) in [5.41, 5.74) is 3.77. The van der Waals surface area contributed by atoms with E-state index in [1.165, 1.54) is 38.5 Å². The van der Waals surface area contributed by atoms with Gasteiger partial charge >= 0.3 is 5.76 Å². The van der Waals surface area contributed by atoms with Crippen LogP contribution in [0.1, 0.15) is 58.2 Å². The molecule has 178 valence electrons. The van der Waals surface area contributed by atoms with Crippen LogP contribution >= 0.6 is 11.6 Å². The molecule has 0 spiro atoms. The number of H-pyrrole nitrogens is 1. The largest absolute Gasteiger partial charge is 0.439 e. The number of halogens is 1. The molecule has 8 nitrogen and oxygen atoms in total. The number of fused-ring (bicyclic) bond motifs is 1. The second-order valence-corrected chi connectivity index (χ2v) is 9.66. The molecule has 0 aliphatic heterocycles. The highest BCUT2D eigenvalue weighted by atomic mass is 35.5. The molecule has 4 aromatic heterocycles.